The van der Waals surface area contributed by atoms with Crippen LogP contribution in [0, 0.1) is 0 Å². The van der Waals surface area contributed by atoms with Crippen molar-refractivity contribution in [1.82, 2.24) is 5.27 Å². The van der Waals surface area contributed by atoms with Gasteiger partial charge < -0.3 is 5.11 Å². The Hall–Kier alpha value is -1.93. The van der Waals surface area contributed by atoms with Gasteiger partial charge in [0, 0.05) is 13.8 Å². The molecule has 94 valence electrons. The molecule has 0 atom stereocenters. The van der Waals surface area contributed by atoms with E-state index in [9.17, 15) is 23.1 Å². The summed E-state index contributed by atoms with van der Waals surface area (Å²) in [6.45, 7) is 3.26. The van der Waals surface area contributed by atoms with Gasteiger partial charge in [-0.15, -0.1) is 0 Å². The third-order valence-electron chi connectivity index (χ3n) is 1.73. The lowest BCUT2D eigenvalue weighted by Gasteiger charge is -2.11. The molecule has 1 heterocycles. The standard InChI is InChI=1S/C8H8F3N3O3/c1-4(2)14-5(3-15)6(17-13-14)12-7(16)8(9,10)11/h3-4H,1-2H3. The number of hydrogen-bond donors (Lipinski definition) is 0. The van der Waals surface area contributed by atoms with Crippen LogP contribution in [-0.4, -0.2) is 23.6 Å². The number of halogens is 3. The highest BCUT2D eigenvalue weighted by Crippen LogP contribution is 2.20. The summed E-state index contributed by atoms with van der Waals surface area (Å²) in [6.07, 6.45) is -4.89. The van der Waals surface area contributed by atoms with Gasteiger partial charge in [-0.05, 0) is 4.68 Å². The molecule has 0 fully saturated rings. The van der Waals surface area contributed by atoms with Crippen LogP contribution in [0.5, 0.6) is 0 Å². The van der Waals surface area contributed by atoms with Gasteiger partial charge >= 0.3 is 17.8 Å². The van der Waals surface area contributed by atoms with Crippen molar-refractivity contribution >= 4 is 18.1 Å². The van der Waals surface area contributed by atoms with Crippen molar-refractivity contribution < 1.29 is 32.3 Å². The van der Waals surface area contributed by atoms with E-state index >= 15 is 0 Å². The second kappa shape index (κ2) is 4.52. The zero-order chi connectivity index (χ0) is 13.2. The summed E-state index contributed by atoms with van der Waals surface area (Å²) in [5.41, 5.74) is -0.322. The molecular formula is C8H8F3N3O3. The molecule has 0 spiro atoms. The molecule has 0 aliphatic rings. The molecule has 0 N–H and O–H groups in total. The van der Waals surface area contributed by atoms with Crippen molar-refractivity contribution in [3.05, 3.63) is 5.69 Å². The van der Waals surface area contributed by atoms with Crippen LogP contribution in [-0.2, 0) is 0 Å². The van der Waals surface area contributed by atoms with Crippen molar-refractivity contribution in [1.29, 1.82) is 0 Å². The van der Waals surface area contributed by atoms with Gasteiger partial charge in [-0.2, -0.15) is 13.2 Å². The fourth-order valence-corrected chi connectivity index (χ4v) is 0.982. The second-order valence-corrected chi connectivity index (χ2v) is 3.33. The summed E-state index contributed by atoms with van der Waals surface area (Å²) in [5, 5.41) is 13.9. The highest BCUT2D eigenvalue weighted by atomic mass is 19.4. The Labute approximate surface area is 93.3 Å². The first kappa shape index (κ1) is 13.1. The van der Waals surface area contributed by atoms with Gasteiger partial charge in [0.1, 0.15) is 0 Å². The molecular weight excluding hydrogens is 243 g/mol. The van der Waals surface area contributed by atoms with Gasteiger partial charge in [0.25, 0.3) is 0 Å². The molecule has 0 radical (unpaired) electrons. The second-order valence-electron chi connectivity index (χ2n) is 3.33. The van der Waals surface area contributed by atoms with Crippen molar-refractivity contribution in [2.45, 2.75) is 26.1 Å². The minimum atomic E-state index is -5.12. The fraction of sp³-hybridized carbons (Fsp3) is 0.500. The van der Waals surface area contributed by atoms with Gasteiger partial charge in [0.05, 0.1) is 5.90 Å². The summed E-state index contributed by atoms with van der Waals surface area (Å²) in [5.74, 6) is -3.11. The van der Waals surface area contributed by atoms with E-state index in [0.717, 1.165) is 4.68 Å². The average Bonchev–Trinajstić information content (AvgIpc) is 2.59. The third kappa shape index (κ3) is 2.80. The Bertz CT molecular complexity index is 451. The molecule has 1 aromatic heterocycles. The molecule has 0 unspecified atom stereocenters. The normalized spacial score (nSPS) is 13.2. The lowest BCUT2D eigenvalue weighted by Crippen LogP contribution is -2.41. The lowest BCUT2D eigenvalue weighted by molar-refractivity contribution is -0.780. The van der Waals surface area contributed by atoms with E-state index in [1.807, 2.05) is 0 Å². The van der Waals surface area contributed by atoms with E-state index in [2.05, 4.69) is 14.8 Å². The maximum atomic E-state index is 11.9. The van der Waals surface area contributed by atoms with Crippen LogP contribution in [0.4, 0.5) is 19.1 Å². The van der Waals surface area contributed by atoms with E-state index in [4.69, 9.17) is 0 Å². The number of carbonyl (C=O) groups excluding carboxylic acids is 1. The molecule has 0 aromatic carbocycles. The van der Waals surface area contributed by atoms with Gasteiger partial charge in [-0.25, -0.2) is 4.99 Å². The monoisotopic (exact) mass is 251 g/mol. The third-order valence-corrected chi connectivity index (χ3v) is 1.73. The molecule has 17 heavy (non-hydrogen) atoms. The van der Waals surface area contributed by atoms with E-state index in [-0.39, 0.29) is 18.0 Å². The molecule has 0 bridgehead atoms. The summed E-state index contributed by atoms with van der Waals surface area (Å²) < 4.78 is 41.2. The Kier molecular flexibility index (Phi) is 3.49. The zero-order valence-corrected chi connectivity index (χ0v) is 8.85. The number of carbonyl (C=O) groups is 1. The van der Waals surface area contributed by atoms with Crippen LogP contribution in [0.25, 0.3) is 0 Å². The first-order valence-electron chi connectivity index (χ1n) is 4.47. The molecule has 0 aliphatic heterocycles. The quantitative estimate of drug-likeness (QED) is 0.335. The van der Waals surface area contributed by atoms with Crippen LogP contribution in [0.1, 0.15) is 30.4 Å². The van der Waals surface area contributed by atoms with Crippen LogP contribution in [0.15, 0.2) is 9.52 Å². The first-order chi connectivity index (χ1) is 7.77. The van der Waals surface area contributed by atoms with Crippen LogP contribution >= 0.6 is 0 Å². The average molecular weight is 251 g/mol. The van der Waals surface area contributed by atoms with Crippen molar-refractivity contribution in [2.75, 3.05) is 0 Å². The van der Waals surface area contributed by atoms with Crippen LogP contribution in [0.2, 0.25) is 0 Å². The number of alkyl halides is 3. The Balaban J connectivity index is 3.21. The van der Waals surface area contributed by atoms with E-state index < -0.39 is 18.0 Å². The Morgan fingerprint density at radius 1 is 1.59 bits per heavy atom. The Morgan fingerprint density at radius 2 is 2.18 bits per heavy atom. The molecule has 0 amide bonds. The minimum Gasteiger partial charge on any atom is -0.855 e. The molecule has 0 saturated carbocycles. The zero-order valence-electron chi connectivity index (χ0n) is 8.85. The van der Waals surface area contributed by atoms with Gasteiger partial charge in [-0.1, -0.05) is 0 Å². The lowest BCUT2D eigenvalue weighted by atomic mass is 10.3. The summed E-state index contributed by atoms with van der Waals surface area (Å²) in [6, 6.07) is -0.316. The van der Waals surface area contributed by atoms with Crippen molar-refractivity contribution in [3.63, 3.8) is 0 Å². The molecule has 0 aliphatic carbocycles. The summed E-state index contributed by atoms with van der Waals surface area (Å²) >= 11 is 0. The van der Waals surface area contributed by atoms with E-state index in [1.54, 1.807) is 13.8 Å². The summed E-state index contributed by atoms with van der Waals surface area (Å²) in [4.78, 5) is 13.3. The number of nitrogens with zero attached hydrogens (tertiary/aromatic N) is 3. The first-order valence-corrected chi connectivity index (χ1v) is 4.47. The molecule has 6 nitrogen and oxygen atoms in total. The highest BCUT2D eigenvalue weighted by Gasteiger charge is 2.31. The Morgan fingerprint density at radius 3 is 2.59 bits per heavy atom. The molecule has 1 rings (SSSR count). The molecule has 0 saturated heterocycles. The molecule has 9 heteroatoms. The van der Waals surface area contributed by atoms with E-state index in [1.165, 1.54) is 0 Å². The van der Waals surface area contributed by atoms with Crippen LogP contribution in [0.3, 0.4) is 0 Å². The number of aromatic nitrogens is 2. The largest absolute Gasteiger partial charge is 0.855 e. The van der Waals surface area contributed by atoms with E-state index in [0.29, 0.717) is 0 Å². The minimum absolute atomic E-state index is 0.221. The smallest absolute Gasteiger partial charge is 0.419 e. The number of aldehydes is 1. The number of hydrogen-bond acceptors (Lipinski definition) is 5. The summed E-state index contributed by atoms with van der Waals surface area (Å²) in [7, 11) is 0. The maximum absolute atomic E-state index is 11.9. The van der Waals surface area contributed by atoms with Gasteiger partial charge in [-0.3, -0.25) is 9.32 Å². The fourth-order valence-electron chi connectivity index (χ4n) is 0.982. The SMILES string of the molecule is CC(C)[n+]1noc(/N=C(\[O-])C(F)(F)F)c1C=O. The van der Waals surface area contributed by atoms with Crippen molar-refractivity contribution in [2.24, 2.45) is 4.99 Å². The predicted octanol–water partition coefficient (Wildman–Crippen LogP) is 0.308. The highest BCUT2D eigenvalue weighted by molar-refractivity contribution is 5.83. The molecule has 1 aromatic rings. The topological polar surface area (TPSA) is 82.4 Å². The number of aliphatic imine (C=N–C) groups is 1. The van der Waals surface area contributed by atoms with Crippen molar-refractivity contribution in [3.8, 4) is 0 Å². The number of rotatable bonds is 3. The van der Waals surface area contributed by atoms with Crippen LogP contribution < -0.4 is 9.79 Å². The van der Waals surface area contributed by atoms with Gasteiger partial charge in [0.15, 0.2) is 6.04 Å². The maximum Gasteiger partial charge on any atom is 0.419 e. The predicted molar refractivity (Wildman–Crippen MR) is 45.6 cm³/mol. The van der Waals surface area contributed by atoms with Gasteiger partial charge in [0.2, 0.25) is 11.6 Å².